The number of pyridine rings is 1. The summed E-state index contributed by atoms with van der Waals surface area (Å²) in [5, 5.41) is 14.7. The molecule has 4 rings (SSSR count). The highest BCUT2D eigenvalue weighted by atomic mass is 32.2. The van der Waals surface area contributed by atoms with Crippen molar-refractivity contribution in [2.24, 2.45) is 5.92 Å². The highest BCUT2D eigenvalue weighted by molar-refractivity contribution is 7.89. The van der Waals surface area contributed by atoms with Gasteiger partial charge in [0.1, 0.15) is 11.5 Å². The molecule has 0 radical (unpaired) electrons. The lowest BCUT2D eigenvalue weighted by Gasteiger charge is -2.30. The van der Waals surface area contributed by atoms with Gasteiger partial charge in [-0.1, -0.05) is 6.92 Å². The monoisotopic (exact) mass is 461 g/mol. The summed E-state index contributed by atoms with van der Waals surface area (Å²) in [6.07, 6.45) is 3.37. The number of nitro benzene ring substituents is 1. The first kappa shape index (κ1) is 22.4. The Balaban J connectivity index is 1.55. The zero-order valence-corrected chi connectivity index (χ0v) is 18.8. The number of sulfonamides is 1. The first-order chi connectivity index (χ1) is 15.3. The Labute approximate surface area is 187 Å². The predicted octanol–water partition coefficient (Wildman–Crippen LogP) is 2.99. The number of nitro groups is 1. The van der Waals surface area contributed by atoms with Gasteiger partial charge in [-0.3, -0.25) is 10.1 Å². The van der Waals surface area contributed by atoms with Crippen molar-refractivity contribution in [2.75, 3.05) is 49.6 Å². The highest BCUT2D eigenvalue weighted by Gasteiger charge is 2.30. The fraction of sp³-hybridized carbons (Fsp3) is 0.476. The number of hydrogen-bond acceptors (Lipinski definition) is 8. The van der Waals surface area contributed by atoms with Crippen LogP contribution >= 0.6 is 0 Å². The molecule has 32 heavy (non-hydrogen) atoms. The molecule has 1 aromatic heterocycles. The van der Waals surface area contributed by atoms with Crippen LogP contribution in [0.5, 0.6) is 0 Å². The Kier molecular flexibility index (Phi) is 6.58. The average Bonchev–Trinajstić information content (AvgIpc) is 2.80. The largest absolute Gasteiger partial charge is 0.378 e. The minimum atomic E-state index is -3.79. The summed E-state index contributed by atoms with van der Waals surface area (Å²) in [5.74, 6) is 1.08. The number of anilines is 3. The van der Waals surface area contributed by atoms with E-state index in [0.717, 1.165) is 37.8 Å². The highest BCUT2D eigenvalue weighted by Crippen LogP contribution is 2.32. The van der Waals surface area contributed by atoms with Crippen LogP contribution in [0.15, 0.2) is 41.4 Å². The molecule has 0 spiro atoms. The van der Waals surface area contributed by atoms with Crippen molar-refractivity contribution in [3.8, 4) is 0 Å². The van der Waals surface area contributed by atoms with E-state index in [1.807, 2.05) is 13.0 Å². The second kappa shape index (κ2) is 9.39. The number of nitrogens with one attached hydrogen (secondary N) is 1. The molecule has 172 valence electrons. The third kappa shape index (κ3) is 4.84. The zero-order valence-electron chi connectivity index (χ0n) is 17.9. The fourth-order valence-electron chi connectivity index (χ4n) is 4.04. The lowest BCUT2D eigenvalue weighted by Crippen LogP contribution is -2.39. The predicted molar refractivity (Wildman–Crippen MR) is 121 cm³/mol. The molecule has 2 saturated heterocycles. The van der Waals surface area contributed by atoms with E-state index in [-0.39, 0.29) is 22.2 Å². The molecule has 2 fully saturated rings. The maximum atomic E-state index is 13.0. The van der Waals surface area contributed by atoms with Crippen LogP contribution in [0.4, 0.5) is 22.9 Å². The number of benzene rings is 1. The first-order valence-corrected chi connectivity index (χ1v) is 12.1. The Morgan fingerprint density at radius 1 is 1.19 bits per heavy atom. The third-order valence-corrected chi connectivity index (χ3v) is 7.65. The van der Waals surface area contributed by atoms with Gasteiger partial charge in [-0.25, -0.2) is 13.4 Å². The Morgan fingerprint density at radius 3 is 2.62 bits per heavy atom. The van der Waals surface area contributed by atoms with Gasteiger partial charge in [0.25, 0.3) is 5.69 Å². The van der Waals surface area contributed by atoms with Crippen molar-refractivity contribution in [3.63, 3.8) is 0 Å². The maximum Gasteiger partial charge on any atom is 0.294 e. The van der Waals surface area contributed by atoms with Gasteiger partial charge < -0.3 is 15.0 Å². The number of nitrogens with zero attached hydrogens (tertiary/aromatic N) is 4. The van der Waals surface area contributed by atoms with Gasteiger partial charge in [-0.15, -0.1) is 0 Å². The summed E-state index contributed by atoms with van der Waals surface area (Å²) in [6, 6.07) is 7.62. The van der Waals surface area contributed by atoms with Crippen LogP contribution in [-0.4, -0.2) is 62.0 Å². The minimum absolute atomic E-state index is 0.0651. The van der Waals surface area contributed by atoms with E-state index in [1.54, 1.807) is 12.3 Å². The van der Waals surface area contributed by atoms with Gasteiger partial charge in [0.15, 0.2) is 0 Å². The number of rotatable bonds is 6. The molecule has 0 saturated carbocycles. The van der Waals surface area contributed by atoms with Crippen LogP contribution < -0.4 is 10.2 Å². The quantitative estimate of drug-likeness (QED) is 0.515. The molecule has 2 aliphatic rings. The van der Waals surface area contributed by atoms with Gasteiger partial charge >= 0.3 is 0 Å². The van der Waals surface area contributed by atoms with E-state index in [0.29, 0.717) is 32.0 Å². The molecule has 2 aliphatic heterocycles. The molecular weight excluding hydrogens is 434 g/mol. The maximum absolute atomic E-state index is 13.0. The van der Waals surface area contributed by atoms with Crippen LogP contribution in [0.25, 0.3) is 0 Å². The second-order valence-electron chi connectivity index (χ2n) is 8.18. The summed E-state index contributed by atoms with van der Waals surface area (Å²) >= 11 is 0. The van der Waals surface area contributed by atoms with Gasteiger partial charge in [0.05, 0.1) is 34.9 Å². The molecule has 0 amide bonds. The van der Waals surface area contributed by atoms with Crippen LogP contribution in [0.1, 0.15) is 19.8 Å². The van der Waals surface area contributed by atoms with Crippen molar-refractivity contribution in [3.05, 3.63) is 46.6 Å². The zero-order chi connectivity index (χ0) is 22.7. The Hall–Kier alpha value is -2.76. The van der Waals surface area contributed by atoms with Crippen molar-refractivity contribution >= 4 is 32.9 Å². The van der Waals surface area contributed by atoms with Crippen LogP contribution in [0.3, 0.4) is 0 Å². The molecule has 1 aromatic carbocycles. The van der Waals surface area contributed by atoms with Crippen molar-refractivity contribution in [2.45, 2.75) is 24.7 Å². The molecule has 2 aromatic rings. The Bertz CT molecular complexity index is 1070. The van der Waals surface area contributed by atoms with E-state index < -0.39 is 14.9 Å². The summed E-state index contributed by atoms with van der Waals surface area (Å²) < 4.78 is 32.8. The second-order valence-corrected chi connectivity index (χ2v) is 10.1. The van der Waals surface area contributed by atoms with Gasteiger partial charge in [0.2, 0.25) is 10.0 Å². The first-order valence-electron chi connectivity index (χ1n) is 10.7. The van der Waals surface area contributed by atoms with Crippen LogP contribution in [0.2, 0.25) is 0 Å². The topological polar surface area (TPSA) is 118 Å². The average molecular weight is 462 g/mol. The molecule has 11 heteroatoms. The molecule has 0 bridgehead atoms. The summed E-state index contributed by atoms with van der Waals surface area (Å²) in [4.78, 5) is 17.6. The smallest absolute Gasteiger partial charge is 0.294 e. The minimum Gasteiger partial charge on any atom is -0.378 e. The standard InChI is InChI=1S/C21H27N5O5S/c1-16-3-2-8-25(15-16)32(29,30)18-5-6-19(20(13-18)26(27)28)23-17-4-7-21(22-14-17)24-9-11-31-12-10-24/h4-7,13-14,16,23H,2-3,8-12,15H2,1H3/t16-/m1/s1. The summed E-state index contributed by atoms with van der Waals surface area (Å²) in [6.45, 7) is 5.70. The van der Waals surface area contributed by atoms with Crippen molar-refractivity contribution < 1.29 is 18.1 Å². The van der Waals surface area contributed by atoms with E-state index in [9.17, 15) is 18.5 Å². The van der Waals surface area contributed by atoms with E-state index >= 15 is 0 Å². The molecule has 10 nitrogen and oxygen atoms in total. The third-order valence-electron chi connectivity index (χ3n) is 5.79. The number of piperidine rings is 1. The summed E-state index contributed by atoms with van der Waals surface area (Å²) in [7, 11) is -3.79. The van der Waals surface area contributed by atoms with Crippen molar-refractivity contribution in [1.82, 2.24) is 9.29 Å². The van der Waals surface area contributed by atoms with E-state index in [4.69, 9.17) is 4.74 Å². The normalized spacial score (nSPS) is 20.2. The lowest BCUT2D eigenvalue weighted by molar-refractivity contribution is -0.384. The molecule has 0 aliphatic carbocycles. The summed E-state index contributed by atoms with van der Waals surface area (Å²) in [5.41, 5.74) is 0.487. The van der Waals surface area contributed by atoms with Gasteiger partial charge in [0, 0.05) is 32.2 Å². The fourth-order valence-corrected chi connectivity index (χ4v) is 5.66. The molecule has 0 unspecified atom stereocenters. The van der Waals surface area contributed by atoms with E-state index in [1.165, 1.54) is 16.4 Å². The van der Waals surface area contributed by atoms with Gasteiger partial charge in [-0.2, -0.15) is 4.31 Å². The molecule has 1 N–H and O–H groups in total. The van der Waals surface area contributed by atoms with E-state index in [2.05, 4.69) is 15.2 Å². The number of ether oxygens (including phenoxy) is 1. The van der Waals surface area contributed by atoms with Gasteiger partial charge in [-0.05, 0) is 43.0 Å². The number of morpholine rings is 1. The van der Waals surface area contributed by atoms with Crippen LogP contribution in [-0.2, 0) is 14.8 Å². The SMILES string of the molecule is C[C@@H]1CCCN(S(=O)(=O)c2ccc(Nc3ccc(N4CCOCC4)nc3)c([N+](=O)[O-])c2)C1. The lowest BCUT2D eigenvalue weighted by atomic mass is 10.0. The number of aromatic nitrogens is 1. The number of hydrogen-bond donors (Lipinski definition) is 1. The van der Waals surface area contributed by atoms with Crippen molar-refractivity contribution in [1.29, 1.82) is 0 Å². The molecular formula is C21H27N5O5S. The molecule has 3 heterocycles. The van der Waals surface area contributed by atoms with Crippen LogP contribution in [0, 0.1) is 16.0 Å². The Morgan fingerprint density at radius 2 is 1.97 bits per heavy atom. The molecule has 1 atom stereocenters.